The van der Waals surface area contributed by atoms with Gasteiger partial charge in [0.2, 0.25) is 0 Å². The number of rotatable bonds is 3. The summed E-state index contributed by atoms with van der Waals surface area (Å²) < 4.78 is 1.98. The van der Waals surface area contributed by atoms with Gasteiger partial charge in [-0.2, -0.15) is 0 Å². The van der Waals surface area contributed by atoms with Crippen molar-refractivity contribution in [2.45, 2.75) is 13.5 Å². The summed E-state index contributed by atoms with van der Waals surface area (Å²) in [5, 5.41) is 5.39. The number of benzene rings is 1. The lowest BCUT2D eigenvalue weighted by Gasteiger charge is -2.11. The second kappa shape index (κ2) is 4.85. The van der Waals surface area contributed by atoms with Crippen molar-refractivity contribution < 1.29 is 0 Å². The molecular formula is C15H17N5. The highest BCUT2D eigenvalue weighted by Crippen LogP contribution is 2.28. The van der Waals surface area contributed by atoms with Gasteiger partial charge < -0.3 is 15.6 Å². The zero-order valence-corrected chi connectivity index (χ0v) is 11.6. The summed E-state index contributed by atoms with van der Waals surface area (Å²) in [6.07, 6.45) is 5.49. The van der Waals surface area contributed by atoms with Crippen LogP contribution in [0.1, 0.15) is 11.4 Å². The molecule has 102 valence electrons. The summed E-state index contributed by atoms with van der Waals surface area (Å²) in [6.45, 7) is 2.64. The molecule has 0 aliphatic carbocycles. The van der Waals surface area contributed by atoms with Crippen LogP contribution in [0.5, 0.6) is 0 Å². The number of imidazole rings is 1. The first kappa shape index (κ1) is 12.5. The van der Waals surface area contributed by atoms with Gasteiger partial charge in [0.15, 0.2) is 0 Å². The molecule has 5 nitrogen and oxygen atoms in total. The zero-order chi connectivity index (χ0) is 14.1. The molecule has 0 fully saturated rings. The number of nitrogens with zero attached hydrogens (tertiary/aromatic N) is 3. The van der Waals surface area contributed by atoms with Crippen molar-refractivity contribution in [1.29, 1.82) is 0 Å². The fraction of sp³-hybridized carbons (Fsp3) is 0.200. The van der Waals surface area contributed by atoms with E-state index in [0.29, 0.717) is 6.54 Å². The molecule has 0 saturated carbocycles. The lowest BCUT2D eigenvalue weighted by atomic mass is 10.1. The Hall–Kier alpha value is -2.56. The lowest BCUT2D eigenvalue weighted by molar-refractivity contribution is 0.811. The maximum absolute atomic E-state index is 6.13. The monoisotopic (exact) mass is 267 g/mol. The summed E-state index contributed by atoms with van der Waals surface area (Å²) in [4.78, 5) is 8.69. The smallest absolute Gasteiger partial charge is 0.134 e. The van der Waals surface area contributed by atoms with E-state index in [4.69, 9.17) is 5.73 Å². The molecule has 5 heteroatoms. The Labute approximate surface area is 117 Å². The number of nitrogens with two attached hydrogens (primary N) is 1. The average Bonchev–Trinajstić information content (AvgIpc) is 2.86. The van der Waals surface area contributed by atoms with E-state index in [1.807, 2.05) is 36.9 Å². The summed E-state index contributed by atoms with van der Waals surface area (Å²) in [6, 6.07) is 6.02. The highest BCUT2D eigenvalue weighted by molar-refractivity contribution is 6.00. The lowest BCUT2D eigenvalue weighted by Crippen LogP contribution is -2.07. The Morgan fingerprint density at radius 3 is 2.75 bits per heavy atom. The summed E-state index contributed by atoms with van der Waals surface area (Å²) in [5.41, 5.74) is 8.02. The molecule has 0 aliphatic heterocycles. The van der Waals surface area contributed by atoms with Gasteiger partial charge in [0.25, 0.3) is 0 Å². The minimum absolute atomic E-state index is 0.628. The van der Waals surface area contributed by atoms with Crippen LogP contribution in [0.4, 0.5) is 11.5 Å². The van der Waals surface area contributed by atoms with E-state index in [2.05, 4.69) is 21.4 Å². The first-order valence-electron chi connectivity index (χ1n) is 6.50. The van der Waals surface area contributed by atoms with Crippen molar-refractivity contribution in [3.63, 3.8) is 0 Å². The molecule has 20 heavy (non-hydrogen) atoms. The van der Waals surface area contributed by atoms with Crippen LogP contribution < -0.4 is 11.1 Å². The van der Waals surface area contributed by atoms with Gasteiger partial charge in [0, 0.05) is 42.1 Å². The molecule has 0 atom stereocenters. The van der Waals surface area contributed by atoms with E-state index in [0.717, 1.165) is 33.7 Å². The number of hydrogen-bond donors (Lipinski definition) is 2. The Balaban J connectivity index is 1.96. The molecule has 3 aromatic rings. The molecule has 0 unspecified atom stereocenters. The van der Waals surface area contributed by atoms with Gasteiger partial charge in [0.1, 0.15) is 11.6 Å². The van der Waals surface area contributed by atoms with Crippen molar-refractivity contribution in [2.24, 2.45) is 7.05 Å². The number of nitrogen functional groups attached to an aromatic ring is 1. The molecular weight excluding hydrogens is 250 g/mol. The predicted octanol–water partition coefficient (Wildman–Crippen LogP) is 2.47. The van der Waals surface area contributed by atoms with Crippen molar-refractivity contribution in [3.8, 4) is 0 Å². The van der Waals surface area contributed by atoms with Gasteiger partial charge in [-0.3, -0.25) is 0 Å². The summed E-state index contributed by atoms with van der Waals surface area (Å²) in [5.74, 6) is 1.79. The second-order valence-corrected chi connectivity index (χ2v) is 4.86. The largest absolute Gasteiger partial charge is 0.398 e. The van der Waals surface area contributed by atoms with Crippen LogP contribution in [0.15, 0.2) is 36.8 Å². The molecule has 0 spiro atoms. The first-order chi connectivity index (χ1) is 9.66. The molecule has 0 bridgehead atoms. The summed E-state index contributed by atoms with van der Waals surface area (Å²) in [7, 11) is 1.97. The van der Waals surface area contributed by atoms with Crippen LogP contribution >= 0.6 is 0 Å². The number of hydrogen-bond acceptors (Lipinski definition) is 4. The minimum Gasteiger partial charge on any atom is -0.398 e. The fourth-order valence-corrected chi connectivity index (χ4v) is 2.26. The van der Waals surface area contributed by atoms with Crippen molar-refractivity contribution in [3.05, 3.63) is 48.2 Å². The van der Waals surface area contributed by atoms with Crippen LogP contribution in [0.2, 0.25) is 0 Å². The number of anilines is 2. The zero-order valence-electron chi connectivity index (χ0n) is 11.6. The highest BCUT2D eigenvalue weighted by Gasteiger charge is 2.07. The SMILES string of the molecule is Cc1ccc2c(NCc3nccn3C)nccc2c1N. The van der Waals surface area contributed by atoms with Gasteiger partial charge in [-0.05, 0) is 18.6 Å². The number of pyridine rings is 1. The van der Waals surface area contributed by atoms with Crippen molar-refractivity contribution in [2.75, 3.05) is 11.1 Å². The van der Waals surface area contributed by atoms with Gasteiger partial charge in [0.05, 0.1) is 6.54 Å². The maximum atomic E-state index is 6.13. The molecule has 0 radical (unpaired) electrons. The Kier molecular flexibility index (Phi) is 3.02. The fourth-order valence-electron chi connectivity index (χ4n) is 2.26. The molecule has 0 amide bonds. The molecule has 2 heterocycles. The quantitative estimate of drug-likeness (QED) is 0.715. The standard InChI is InChI=1S/C15H17N5/c1-10-3-4-12-11(14(10)16)5-6-18-15(12)19-9-13-17-7-8-20(13)2/h3-8H,9,16H2,1-2H3,(H,18,19). The molecule has 3 N–H and O–H groups in total. The topological polar surface area (TPSA) is 68.8 Å². The van der Waals surface area contributed by atoms with Crippen molar-refractivity contribution >= 4 is 22.3 Å². The third-order valence-electron chi connectivity index (χ3n) is 3.54. The normalized spacial score (nSPS) is 10.9. The molecule has 2 aromatic heterocycles. The molecule has 1 aromatic carbocycles. The van der Waals surface area contributed by atoms with Crippen LogP contribution in [-0.4, -0.2) is 14.5 Å². The van der Waals surface area contributed by atoms with Crippen LogP contribution in [-0.2, 0) is 13.6 Å². The van der Waals surface area contributed by atoms with E-state index in [1.54, 1.807) is 12.4 Å². The van der Waals surface area contributed by atoms with E-state index in [1.165, 1.54) is 0 Å². The van der Waals surface area contributed by atoms with E-state index < -0.39 is 0 Å². The van der Waals surface area contributed by atoms with Gasteiger partial charge in [-0.15, -0.1) is 0 Å². The van der Waals surface area contributed by atoms with E-state index >= 15 is 0 Å². The van der Waals surface area contributed by atoms with E-state index in [9.17, 15) is 0 Å². The van der Waals surface area contributed by atoms with Gasteiger partial charge in [-0.1, -0.05) is 12.1 Å². The molecule has 0 saturated heterocycles. The predicted molar refractivity (Wildman–Crippen MR) is 81.4 cm³/mol. The second-order valence-electron chi connectivity index (χ2n) is 4.86. The Morgan fingerprint density at radius 1 is 1.15 bits per heavy atom. The van der Waals surface area contributed by atoms with Gasteiger partial charge >= 0.3 is 0 Å². The number of aryl methyl sites for hydroxylation is 2. The van der Waals surface area contributed by atoms with Crippen LogP contribution in [0.25, 0.3) is 10.8 Å². The number of fused-ring (bicyclic) bond motifs is 1. The third-order valence-corrected chi connectivity index (χ3v) is 3.54. The number of nitrogens with one attached hydrogen (secondary N) is 1. The molecule has 3 rings (SSSR count). The van der Waals surface area contributed by atoms with Crippen molar-refractivity contribution in [1.82, 2.24) is 14.5 Å². The van der Waals surface area contributed by atoms with Crippen LogP contribution in [0, 0.1) is 6.92 Å². The first-order valence-corrected chi connectivity index (χ1v) is 6.50. The Bertz CT molecular complexity index is 760. The number of aromatic nitrogens is 3. The van der Waals surface area contributed by atoms with Crippen LogP contribution in [0.3, 0.4) is 0 Å². The van der Waals surface area contributed by atoms with Gasteiger partial charge in [-0.25, -0.2) is 9.97 Å². The maximum Gasteiger partial charge on any atom is 0.134 e. The summed E-state index contributed by atoms with van der Waals surface area (Å²) >= 11 is 0. The van der Waals surface area contributed by atoms with E-state index in [-0.39, 0.29) is 0 Å². The average molecular weight is 267 g/mol. The third kappa shape index (κ3) is 2.07. The minimum atomic E-state index is 0.628. The Morgan fingerprint density at radius 2 is 2.00 bits per heavy atom. The molecule has 0 aliphatic rings. The highest BCUT2D eigenvalue weighted by atomic mass is 15.1.